The second kappa shape index (κ2) is 5.78. The number of thioether (sulfide) groups is 1. The van der Waals surface area contributed by atoms with Crippen LogP contribution in [0, 0.1) is 6.92 Å². The summed E-state index contributed by atoms with van der Waals surface area (Å²) < 4.78 is 0. The van der Waals surface area contributed by atoms with Gasteiger partial charge in [0.25, 0.3) is 5.91 Å². The summed E-state index contributed by atoms with van der Waals surface area (Å²) in [4.78, 5) is 17.6. The Morgan fingerprint density at radius 3 is 2.87 bits per heavy atom. The van der Waals surface area contributed by atoms with Crippen LogP contribution in [-0.2, 0) is 4.84 Å². The molecule has 0 unspecified atom stereocenters. The summed E-state index contributed by atoms with van der Waals surface area (Å²) >= 11 is 1.61. The molecule has 0 spiro atoms. The van der Waals surface area contributed by atoms with Crippen LogP contribution in [0.25, 0.3) is 0 Å². The van der Waals surface area contributed by atoms with Gasteiger partial charge in [-0.1, -0.05) is 6.07 Å². The monoisotopic (exact) mass is 225 g/mol. The number of nitrogens with one attached hydrogen (secondary N) is 1. The Morgan fingerprint density at radius 2 is 2.27 bits per heavy atom. The maximum atomic E-state index is 11.6. The fraction of sp³-hybridized carbons (Fsp3) is 0.364. The van der Waals surface area contributed by atoms with Crippen LogP contribution in [0.4, 0.5) is 0 Å². The molecule has 0 atom stereocenters. The van der Waals surface area contributed by atoms with E-state index in [0.717, 1.165) is 10.5 Å². The van der Waals surface area contributed by atoms with Gasteiger partial charge in [-0.2, -0.15) is 0 Å². The quantitative estimate of drug-likeness (QED) is 0.631. The fourth-order valence-corrected chi connectivity index (χ4v) is 1.61. The molecule has 0 saturated carbocycles. The molecule has 0 heterocycles. The minimum Gasteiger partial charge on any atom is -0.274 e. The van der Waals surface area contributed by atoms with Crippen molar-refractivity contribution in [2.75, 3.05) is 12.9 Å². The van der Waals surface area contributed by atoms with Gasteiger partial charge in [0.05, 0.1) is 6.61 Å². The average molecular weight is 225 g/mol. The van der Waals surface area contributed by atoms with Crippen molar-refractivity contribution in [3.05, 3.63) is 29.3 Å². The zero-order valence-electron chi connectivity index (χ0n) is 9.16. The number of aryl methyl sites for hydroxylation is 1. The Bertz CT molecular complexity index is 352. The van der Waals surface area contributed by atoms with Crippen LogP contribution in [0.5, 0.6) is 0 Å². The van der Waals surface area contributed by atoms with E-state index in [1.54, 1.807) is 11.8 Å². The van der Waals surface area contributed by atoms with E-state index in [9.17, 15) is 4.79 Å². The minimum atomic E-state index is -0.190. The Kier molecular flexibility index (Phi) is 4.65. The Morgan fingerprint density at radius 1 is 1.53 bits per heavy atom. The lowest BCUT2D eigenvalue weighted by atomic mass is 10.1. The average Bonchev–Trinajstić information content (AvgIpc) is 2.26. The van der Waals surface area contributed by atoms with Crippen LogP contribution in [0.15, 0.2) is 23.1 Å². The number of rotatable bonds is 4. The van der Waals surface area contributed by atoms with Gasteiger partial charge in [0.2, 0.25) is 0 Å². The van der Waals surface area contributed by atoms with E-state index in [1.807, 2.05) is 38.3 Å². The third-order valence-corrected chi connectivity index (χ3v) is 2.72. The van der Waals surface area contributed by atoms with E-state index >= 15 is 0 Å². The van der Waals surface area contributed by atoms with Crippen LogP contribution in [0.3, 0.4) is 0 Å². The molecule has 0 bridgehead atoms. The number of hydrogen-bond acceptors (Lipinski definition) is 3. The topological polar surface area (TPSA) is 38.3 Å². The Hall–Kier alpha value is -1.00. The van der Waals surface area contributed by atoms with Crippen molar-refractivity contribution in [1.29, 1.82) is 0 Å². The largest absolute Gasteiger partial charge is 0.275 e. The molecular weight excluding hydrogens is 210 g/mol. The molecule has 0 aliphatic heterocycles. The summed E-state index contributed by atoms with van der Waals surface area (Å²) in [6.07, 6.45) is 1.98. The lowest BCUT2D eigenvalue weighted by Gasteiger charge is -2.07. The highest BCUT2D eigenvalue weighted by Gasteiger charge is 2.09. The molecule has 0 fully saturated rings. The second-order valence-electron chi connectivity index (χ2n) is 3.05. The molecule has 0 saturated heterocycles. The van der Waals surface area contributed by atoms with Gasteiger partial charge < -0.3 is 0 Å². The third-order valence-electron chi connectivity index (χ3n) is 2.00. The molecule has 0 aromatic heterocycles. The maximum Gasteiger partial charge on any atom is 0.275 e. The van der Waals surface area contributed by atoms with Crippen molar-refractivity contribution in [3.63, 3.8) is 0 Å². The van der Waals surface area contributed by atoms with Gasteiger partial charge >= 0.3 is 0 Å². The van der Waals surface area contributed by atoms with Gasteiger partial charge in [0, 0.05) is 10.5 Å². The van der Waals surface area contributed by atoms with Crippen molar-refractivity contribution in [2.45, 2.75) is 18.7 Å². The van der Waals surface area contributed by atoms with Crippen LogP contribution >= 0.6 is 11.8 Å². The second-order valence-corrected chi connectivity index (χ2v) is 3.92. The molecule has 1 N–H and O–H groups in total. The number of hydrogen-bond donors (Lipinski definition) is 1. The first-order valence-corrected chi connectivity index (χ1v) is 5.98. The van der Waals surface area contributed by atoms with Gasteiger partial charge in [-0.25, -0.2) is 5.48 Å². The molecule has 1 aromatic carbocycles. The number of hydroxylamine groups is 1. The van der Waals surface area contributed by atoms with Gasteiger partial charge in [-0.3, -0.25) is 9.63 Å². The van der Waals surface area contributed by atoms with Crippen molar-refractivity contribution < 1.29 is 9.63 Å². The molecule has 0 aliphatic carbocycles. The number of carbonyl (C=O) groups is 1. The molecule has 3 nitrogen and oxygen atoms in total. The normalized spacial score (nSPS) is 10.1. The van der Waals surface area contributed by atoms with Gasteiger partial charge in [-0.05, 0) is 37.8 Å². The van der Waals surface area contributed by atoms with E-state index in [4.69, 9.17) is 4.84 Å². The van der Waals surface area contributed by atoms with Gasteiger partial charge in [0.1, 0.15) is 0 Å². The first kappa shape index (κ1) is 12.1. The number of amides is 1. The van der Waals surface area contributed by atoms with Crippen LogP contribution in [-0.4, -0.2) is 18.8 Å². The molecule has 82 valence electrons. The standard InChI is InChI=1S/C11H15NO2S/c1-4-14-12-11(13)10-7-9(15-3)6-5-8(10)2/h5-7H,4H2,1-3H3,(H,12,13). The first-order valence-electron chi connectivity index (χ1n) is 4.75. The molecular formula is C11H15NO2S. The first-order chi connectivity index (χ1) is 7.19. The van der Waals surface area contributed by atoms with Gasteiger partial charge in [-0.15, -0.1) is 11.8 Å². The minimum absolute atomic E-state index is 0.190. The summed E-state index contributed by atoms with van der Waals surface area (Å²) in [7, 11) is 0. The number of carbonyl (C=O) groups excluding carboxylic acids is 1. The van der Waals surface area contributed by atoms with E-state index in [0.29, 0.717) is 12.2 Å². The lowest BCUT2D eigenvalue weighted by molar-refractivity contribution is 0.0364. The van der Waals surface area contributed by atoms with Crippen LogP contribution in [0.1, 0.15) is 22.8 Å². The molecule has 15 heavy (non-hydrogen) atoms. The summed E-state index contributed by atoms with van der Waals surface area (Å²) in [5.41, 5.74) is 4.00. The predicted octanol–water partition coefficient (Wildman–Crippen LogP) is 2.40. The highest BCUT2D eigenvalue weighted by molar-refractivity contribution is 7.98. The highest BCUT2D eigenvalue weighted by atomic mass is 32.2. The lowest BCUT2D eigenvalue weighted by Crippen LogP contribution is -2.24. The van der Waals surface area contributed by atoms with E-state index in [-0.39, 0.29) is 5.91 Å². The SMILES string of the molecule is CCONC(=O)c1cc(SC)ccc1C. The molecule has 0 radical (unpaired) electrons. The molecule has 1 aromatic rings. The fourth-order valence-electron chi connectivity index (χ4n) is 1.17. The summed E-state index contributed by atoms with van der Waals surface area (Å²) in [6.45, 7) is 4.20. The Balaban J connectivity index is 2.86. The van der Waals surface area contributed by atoms with Crippen molar-refractivity contribution in [3.8, 4) is 0 Å². The summed E-state index contributed by atoms with van der Waals surface area (Å²) in [5.74, 6) is -0.190. The zero-order valence-corrected chi connectivity index (χ0v) is 9.98. The maximum absolute atomic E-state index is 11.6. The predicted molar refractivity (Wildman–Crippen MR) is 62.1 cm³/mol. The molecule has 4 heteroatoms. The van der Waals surface area contributed by atoms with E-state index in [2.05, 4.69) is 5.48 Å². The number of benzene rings is 1. The zero-order chi connectivity index (χ0) is 11.3. The van der Waals surface area contributed by atoms with Crippen molar-refractivity contribution >= 4 is 17.7 Å². The Labute approximate surface area is 94.2 Å². The van der Waals surface area contributed by atoms with Gasteiger partial charge in [0.15, 0.2) is 0 Å². The van der Waals surface area contributed by atoms with E-state index in [1.165, 1.54) is 0 Å². The van der Waals surface area contributed by atoms with Crippen LogP contribution in [0.2, 0.25) is 0 Å². The highest BCUT2D eigenvalue weighted by Crippen LogP contribution is 2.18. The summed E-state index contributed by atoms with van der Waals surface area (Å²) in [6, 6.07) is 5.80. The van der Waals surface area contributed by atoms with Crippen molar-refractivity contribution in [1.82, 2.24) is 5.48 Å². The third kappa shape index (κ3) is 3.25. The van der Waals surface area contributed by atoms with Crippen LogP contribution < -0.4 is 5.48 Å². The summed E-state index contributed by atoms with van der Waals surface area (Å²) in [5, 5.41) is 0. The molecule has 0 aliphatic rings. The molecule has 1 amide bonds. The molecule has 1 rings (SSSR count). The van der Waals surface area contributed by atoms with Crippen molar-refractivity contribution in [2.24, 2.45) is 0 Å². The van der Waals surface area contributed by atoms with E-state index < -0.39 is 0 Å². The smallest absolute Gasteiger partial charge is 0.274 e.